The summed E-state index contributed by atoms with van der Waals surface area (Å²) in [6, 6.07) is 8.96. The summed E-state index contributed by atoms with van der Waals surface area (Å²) >= 11 is 0. The minimum atomic E-state index is -0.252. The van der Waals surface area contributed by atoms with Crippen molar-refractivity contribution >= 4 is 17.3 Å². The summed E-state index contributed by atoms with van der Waals surface area (Å²) in [5.41, 5.74) is 2.09. The van der Waals surface area contributed by atoms with Gasteiger partial charge in [0.1, 0.15) is 5.69 Å². The lowest BCUT2D eigenvalue weighted by Gasteiger charge is -2.28. The maximum Gasteiger partial charge on any atom is 0.274 e. The number of nitrogens with zero attached hydrogens (tertiary/aromatic N) is 2. The summed E-state index contributed by atoms with van der Waals surface area (Å²) in [7, 11) is 3.13. The van der Waals surface area contributed by atoms with Gasteiger partial charge >= 0.3 is 0 Å². The average molecular weight is 341 g/mol. The number of benzene rings is 1. The summed E-state index contributed by atoms with van der Waals surface area (Å²) in [6.45, 7) is 2.11. The molecule has 6 nitrogen and oxygen atoms in total. The first-order chi connectivity index (χ1) is 12.2. The number of aromatic nitrogens is 1. The monoisotopic (exact) mass is 341 g/mol. The van der Waals surface area contributed by atoms with Crippen molar-refractivity contribution in [3.63, 3.8) is 0 Å². The van der Waals surface area contributed by atoms with Gasteiger partial charge in [0.25, 0.3) is 5.91 Å². The molecule has 2 aromatic rings. The van der Waals surface area contributed by atoms with Crippen LogP contribution in [0.5, 0.6) is 11.5 Å². The highest BCUT2D eigenvalue weighted by molar-refractivity contribution is 6.03. The van der Waals surface area contributed by atoms with E-state index in [0.29, 0.717) is 22.9 Å². The Morgan fingerprint density at radius 3 is 2.44 bits per heavy atom. The molecule has 0 bridgehead atoms. The Labute approximate surface area is 147 Å². The molecule has 1 aromatic heterocycles. The lowest BCUT2D eigenvalue weighted by atomic mass is 10.1. The highest BCUT2D eigenvalue weighted by Crippen LogP contribution is 2.30. The van der Waals surface area contributed by atoms with Gasteiger partial charge in [0.2, 0.25) is 0 Å². The van der Waals surface area contributed by atoms with E-state index in [4.69, 9.17) is 9.47 Å². The Balaban J connectivity index is 1.68. The van der Waals surface area contributed by atoms with Crippen LogP contribution in [0.1, 0.15) is 29.8 Å². The summed E-state index contributed by atoms with van der Waals surface area (Å²) in [6.07, 6.45) is 5.48. The third-order valence-electron chi connectivity index (χ3n) is 4.34. The highest BCUT2D eigenvalue weighted by Gasteiger charge is 2.14. The van der Waals surface area contributed by atoms with E-state index in [-0.39, 0.29) is 5.91 Å². The second-order valence-electron chi connectivity index (χ2n) is 5.97. The Kier molecular flexibility index (Phi) is 5.38. The fourth-order valence-corrected chi connectivity index (χ4v) is 2.97. The van der Waals surface area contributed by atoms with Crippen LogP contribution in [0.15, 0.2) is 36.5 Å². The second-order valence-corrected chi connectivity index (χ2v) is 5.97. The third-order valence-corrected chi connectivity index (χ3v) is 4.34. The molecule has 6 heteroatoms. The fourth-order valence-electron chi connectivity index (χ4n) is 2.97. The molecule has 0 radical (unpaired) electrons. The van der Waals surface area contributed by atoms with Crippen molar-refractivity contribution in [3.8, 4) is 11.5 Å². The van der Waals surface area contributed by atoms with E-state index in [2.05, 4.69) is 15.2 Å². The number of anilines is 2. The molecular formula is C19H23N3O3. The number of nitrogens with one attached hydrogen (secondary N) is 1. The Bertz CT molecular complexity index is 725. The number of ether oxygens (including phenoxy) is 2. The van der Waals surface area contributed by atoms with Gasteiger partial charge in [-0.15, -0.1) is 0 Å². The van der Waals surface area contributed by atoms with Crippen molar-refractivity contribution in [2.45, 2.75) is 19.3 Å². The van der Waals surface area contributed by atoms with Crippen LogP contribution < -0.4 is 19.7 Å². The predicted molar refractivity (Wildman–Crippen MR) is 97.8 cm³/mol. The third kappa shape index (κ3) is 4.02. The van der Waals surface area contributed by atoms with Gasteiger partial charge in [0, 0.05) is 24.8 Å². The van der Waals surface area contributed by atoms with Crippen LogP contribution in [0.2, 0.25) is 0 Å². The van der Waals surface area contributed by atoms with Crippen LogP contribution in [0.3, 0.4) is 0 Å². The average Bonchev–Trinajstić information content (AvgIpc) is 2.68. The molecule has 132 valence electrons. The zero-order valence-electron chi connectivity index (χ0n) is 14.6. The molecule has 0 unspecified atom stereocenters. The van der Waals surface area contributed by atoms with E-state index in [0.717, 1.165) is 18.8 Å². The van der Waals surface area contributed by atoms with Crippen molar-refractivity contribution in [2.24, 2.45) is 0 Å². The van der Waals surface area contributed by atoms with Crippen LogP contribution in [-0.4, -0.2) is 38.2 Å². The molecular weight excluding hydrogens is 318 g/mol. The molecule has 1 fully saturated rings. The van der Waals surface area contributed by atoms with Crippen molar-refractivity contribution in [1.82, 2.24) is 4.98 Å². The van der Waals surface area contributed by atoms with E-state index in [1.54, 1.807) is 44.7 Å². The van der Waals surface area contributed by atoms with Gasteiger partial charge in [0.15, 0.2) is 11.5 Å². The highest BCUT2D eigenvalue weighted by atomic mass is 16.5. The smallest absolute Gasteiger partial charge is 0.274 e. The number of rotatable bonds is 5. The number of carbonyl (C=O) groups is 1. The Morgan fingerprint density at radius 1 is 1.04 bits per heavy atom. The van der Waals surface area contributed by atoms with E-state index in [9.17, 15) is 4.79 Å². The first-order valence-electron chi connectivity index (χ1n) is 8.45. The van der Waals surface area contributed by atoms with Crippen LogP contribution in [0.4, 0.5) is 11.4 Å². The number of pyridine rings is 1. The SMILES string of the molecule is COc1ccc(NC(=O)c2ccc(N3CCCCC3)cn2)cc1OC. The molecule has 0 aliphatic carbocycles. The first-order valence-corrected chi connectivity index (χ1v) is 8.45. The molecule has 2 heterocycles. The van der Waals surface area contributed by atoms with E-state index < -0.39 is 0 Å². The predicted octanol–water partition coefficient (Wildman–Crippen LogP) is 3.34. The zero-order valence-corrected chi connectivity index (χ0v) is 14.6. The quantitative estimate of drug-likeness (QED) is 0.904. The number of carbonyl (C=O) groups excluding carboxylic acids is 1. The second kappa shape index (κ2) is 7.88. The Morgan fingerprint density at radius 2 is 1.80 bits per heavy atom. The lowest BCUT2D eigenvalue weighted by Crippen LogP contribution is -2.29. The molecule has 0 saturated carbocycles. The van der Waals surface area contributed by atoms with Crippen LogP contribution in [0, 0.1) is 0 Å². The molecule has 25 heavy (non-hydrogen) atoms. The maximum absolute atomic E-state index is 12.4. The van der Waals surface area contributed by atoms with Gasteiger partial charge in [-0.25, -0.2) is 4.98 Å². The number of hydrogen-bond donors (Lipinski definition) is 1. The number of piperidine rings is 1. The molecule has 1 aliphatic rings. The first kappa shape index (κ1) is 17.1. The molecule has 1 aromatic carbocycles. The van der Waals surface area contributed by atoms with Crippen molar-refractivity contribution in [1.29, 1.82) is 0 Å². The molecule has 1 saturated heterocycles. The lowest BCUT2D eigenvalue weighted by molar-refractivity contribution is 0.102. The molecule has 0 spiro atoms. The van der Waals surface area contributed by atoms with E-state index in [1.807, 2.05) is 6.07 Å². The summed E-state index contributed by atoms with van der Waals surface area (Å²) in [5.74, 6) is 0.927. The van der Waals surface area contributed by atoms with Gasteiger partial charge in [-0.05, 0) is 43.5 Å². The van der Waals surface area contributed by atoms with Crippen LogP contribution in [-0.2, 0) is 0 Å². The van der Waals surface area contributed by atoms with Crippen LogP contribution in [0.25, 0.3) is 0 Å². The summed E-state index contributed by atoms with van der Waals surface area (Å²) in [5, 5.41) is 2.83. The molecule has 1 N–H and O–H groups in total. The van der Waals surface area contributed by atoms with Crippen LogP contribution >= 0.6 is 0 Å². The van der Waals surface area contributed by atoms with Gasteiger partial charge in [-0.1, -0.05) is 0 Å². The fraction of sp³-hybridized carbons (Fsp3) is 0.368. The van der Waals surface area contributed by atoms with Crippen molar-refractivity contribution < 1.29 is 14.3 Å². The Hall–Kier alpha value is -2.76. The normalized spacial score (nSPS) is 14.1. The maximum atomic E-state index is 12.4. The molecule has 1 amide bonds. The molecule has 3 rings (SSSR count). The zero-order chi connectivity index (χ0) is 17.6. The molecule has 0 atom stereocenters. The minimum Gasteiger partial charge on any atom is -0.493 e. The van der Waals surface area contributed by atoms with E-state index in [1.165, 1.54) is 19.3 Å². The number of methoxy groups -OCH3 is 2. The van der Waals surface area contributed by atoms with Gasteiger partial charge in [0.05, 0.1) is 26.1 Å². The summed E-state index contributed by atoms with van der Waals surface area (Å²) < 4.78 is 10.4. The largest absolute Gasteiger partial charge is 0.493 e. The molecule has 1 aliphatic heterocycles. The van der Waals surface area contributed by atoms with Gasteiger partial charge < -0.3 is 19.7 Å². The van der Waals surface area contributed by atoms with Gasteiger partial charge in [-0.3, -0.25) is 4.79 Å². The number of hydrogen-bond acceptors (Lipinski definition) is 5. The van der Waals surface area contributed by atoms with E-state index >= 15 is 0 Å². The topological polar surface area (TPSA) is 63.7 Å². The van der Waals surface area contributed by atoms with Gasteiger partial charge in [-0.2, -0.15) is 0 Å². The van der Waals surface area contributed by atoms with Crippen molar-refractivity contribution in [3.05, 3.63) is 42.2 Å². The summed E-state index contributed by atoms with van der Waals surface area (Å²) in [4.78, 5) is 19.0. The standard InChI is InChI=1S/C19H23N3O3/c1-24-17-9-6-14(12-18(17)25-2)21-19(23)16-8-7-15(13-20-16)22-10-4-3-5-11-22/h6-9,12-13H,3-5,10-11H2,1-2H3,(H,21,23). The van der Waals surface area contributed by atoms with Crippen molar-refractivity contribution in [2.75, 3.05) is 37.5 Å². The minimum absolute atomic E-state index is 0.252. The number of amides is 1.